The van der Waals surface area contributed by atoms with Crippen molar-refractivity contribution in [2.45, 2.75) is 65.2 Å². The minimum atomic E-state index is 0.0150. The summed E-state index contributed by atoms with van der Waals surface area (Å²) < 4.78 is 0. The van der Waals surface area contributed by atoms with E-state index in [1.54, 1.807) is 0 Å². The molecule has 4 aromatic carbocycles. The first kappa shape index (κ1) is 24.7. The average Bonchev–Trinajstić information content (AvgIpc) is 3.55. The Morgan fingerprint density at radius 3 is 1.76 bits per heavy atom. The van der Waals surface area contributed by atoms with Crippen molar-refractivity contribution in [2.24, 2.45) is 0 Å². The Morgan fingerprint density at radius 1 is 0.579 bits per heavy atom. The van der Waals surface area contributed by atoms with Crippen LogP contribution in [0.15, 0.2) is 97.1 Å². The van der Waals surface area contributed by atoms with Gasteiger partial charge in [0.05, 0.1) is 0 Å². The molecule has 0 N–H and O–H groups in total. The van der Waals surface area contributed by atoms with Crippen LogP contribution in [0.3, 0.4) is 0 Å². The predicted octanol–water partition coefficient (Wildman–Crippen LogP) is 10.5. The molecule has 0 aromatic heterocycles. The van der Waals surface area contributed by atoms with E-state index in [9.17, 15) is 0 Å². The number of allylic oxidation sites excluding steroid dienone is 4. The number of hydrogen-bond acceptors (Lipinski definition) is 0. The molecule has 0 spiro atoms. The molecule has 0 amide bonds. The first-order valence-corrected chi connectivity index (χ1v) is 14.0. The molecule has 0 aliphatic heterocycles. The summed E-state index contributed by atoms with van der Waals surface area (Å²) in [6.45, 7) is 14.1. The van der Waals surface area contributed by atoms with Crippen molar-refractivity contribution in [3.8, 4) is 33.4 Å². The largest absolute Gasteiger partial charge is 0.0801 e. The molecule has 0 atom stereocenters. The van der Waals surface area contributed by atoms with E-state index in [1.165, 1.54) is 66.8 Å². The number of fused-ring (bicyclic) bond motifs is 3. The highest BCUT2D eigenvalue weighted by Crippen LogP contribution is 2.51. The highest BCUT2D eigenvalue weighted by Gasteiger charge is 2.33. The third-order valence-electron chi connectivity index (χ3n) is 8.19. The van der Waals surface area contributed by atoms with E-state index in [2.05, 4.69) is 139 Å². The number of hydrogen-bond donors (Lipinski definition) is 0. The third-order valence-corrected chi connectivity index (χ3v) is 8.19. The second-order valence-corrected chi connectivity index (χ2v) is 13.0. The summed E-state index contributed by atoms with van der Waals surface area (Å²) in [4.78, 5) is 0. The van der Waals surface area contributed by atoms with Gasteiger partial charge >= 0.3 is 0 Å². The van der Waals surface area contributed by atoms with Crippen LogP contribution in [0.4, 0.5) is 0 Å². The van der Waals surface area contributed by atoms with Crippen LogP contribution in [0.25, 0.3) is 39.0 Å². The fourth-order valence-electron chi connectivity index (χ4n) is 6.34. The maximum absolute atomic E-state index is 2.53. The fourth-order valence-corrected chi connectivity index (χ4v) is 6.34. The van der Waals surface area contributed by atoms with Crippen LogP contribution in [0.5, 0.6) is 0 Å². The van der Waals surface area contributed by atoms with Gasteiger partial charge in [0.2, 0.25) is 0 Å². The van der Waals surface area contributed by atoms with Gasteiger partial charge in [-0.25, -0.2) is 0 Å². The van der Waals surface area contributed by atoms with Gasteiger partial charge in [-0.05, 0) is 109 Å². The van der Waals surface area contributed by atoms with Crippen LogP contribution in [-0.2, 0) is 17.3 Å². The monoisotopic (exact) mass is 494 g/mol. The van der Waals surface area contributed by atoms with E-state index >= 15 is 0 Å². The van der Waals surface area contributed by atoms with Crippen molar-refractivity contribution in [3.05, 3.63) is 125 Å². The molecular formula is C38H38. The zero-order chi connectivity index (χ0) is 26.7. The lowest BCUT2D eigenvalue weighted by Gasteiger charge is -2.29. The minimum absolute atomic E-state index is 0.0150. The Labute approximate surface area is 228 Å². The van der Waals surface area contributed by atoms with Crippen molar-refractivity contribution in [1.29, 1.82) is 0 Å². The van der Waals surface area contributed by atoms with E-state index in [4.69, 9.17) is 0 Å². The van der Waals surface area contributed by atoms with Gasteiger partial charge in [0.25, 0.3) is 0 Å². The van der Waals surface area contributed by atoms with E-state index < -0.39 is 0 Å². The molecular weight excluding hydrogens is 456 g/mol. The Kier molecular flexibility index (Phi) is 5.84. The molecule has 0 radical (unpaired) electrons. The third kappa shape index (κ3) is 4.17. The van der Waals surface area contributed by atoms with Gasteiger partial charge in [0, 0.05) is 0 Å². The second kappa shape index (κ2) is 8.98. The minimum Gasteiger partial charge on any atom is -0.0801 e. The first-order valence-electron chi connectivity index (χ1n) is 14.0. The van der Waals surface area contributed by atoms with Crippen LogP contribution in [-0.4, -0.2) is 0 Å². The SMILES string of the molecule is CC(C)(C)c1cc2c(cc1-c1ccccc1)Cc1c-2cc(C(C)(C)C)c(-c2ccccc2)c1C1=CC=CC1. The Morgan fingerprint density at radius 2 is 1.18 bits per heavy atom. The van der Waals surface area contributed by atoms with Crippen molar-refractivity contribution in [3.63, 3.8) is 0 Å². The summed E-state index contributed by atoms with van der Waals surface area (Å²) in [5.74, 6) is 0. The summed E-state index contributed by atoms with van der Waals surface area (Å²) in [5, 5.41) is 0. The normalized spacial score (nSPS) is 14.4. The lowest BCUT2D eigenvalue weighted by Crippen LogP contribution is -2.15. The molecule has 0 nitrogen and oxygen atoms in total. The summed E-state index contributed by atoms with van der Waals surface area (Å²) in [6, 6.07) is 29.5. The van der Waals surface area contributed by atoms with E-state index in [0.717, 1.165) is 12.8 Å². The second-order valence-electron chi connectivity index (χ2n) is 13.0. The van der Waals surface area contributed by atoms with Gasteiger partial charge in [0.1, 0.15) is 0 Å². The molecule has 0 heterocycles. The quantitative estimate of drug-likeness (QED) is 0.234. The fraction of sp³-hybridized carbons (Fsp3) is 0.263. The molecule has 0 unspecified atom stereocenters. The number of rotatable bonds is 3. The molecule has 0 saturated heterocycles. The Hall–Kier alpha value is -3.64. The molecule has 0 fully saturated rings. The lowest BCUT2D eigenvalue weighted by atomic mass is 9.75. The van der Waals surface area contributed by atoms with Crippen LogP contribution in [0.2, 0.25) is 0 Å². The van der Waals surface area contributed by atoms with Gasteiger partial charge in [-0.3, -0.25) is 0 Å². The van der Waals surface area contributed by atoms with E-state index in [-0.39, 0.29) is 10.8 Å². The topological polar surface area (TPSA) is 0 Å². The molecule has 6 rings (SSSR count). The maximum Gasteiger partial charge on any atom is -0.000695 e. The van der Waals surface area contributed by atoms with Gasteiger partial charge < -0.3 is 0 Å². The molecule has 190 valence electrons. The molecule has 4 aromatic rings. The van der Waals surface area contributed by atoms with Crippen LogP contribution >= 0.6 is 0 Å². The zero-order valence-electron chi connectivity index (χ0n) is 23.7. The van der Waals surface area contributed by atoms with Crippen molar-refractivity contribution >= 4 is 5.57 Å². The summed E-state index contributed by atoms with van der Waals surface area (Å²) in [5.41, 5.74) is 17.0. The standard InChI is InChI=1S/C38H38/c1-37(2,3)33-23-29-28(21-30(33)25-15-9-7-10-16-25)22-32-31(29)24-34(38(4,5)6)36(27-17-11-8-12-18-27)35(32)26-19-13-14-20-26/h7-19,21,23-24H,20,22H2,1-6H3. The van der Waals surface area contributed by atoms with Gasteiger partial charge in [0.15, 0.2) is 0 Å². The average molecular weight is 495 g/mol. The lowest BCUT2D eigenvalue weighted by molar-refractivity contribution is 0.591. The zero-order valence-corrected chi connectivity index (χ0v) is 23.7. The molecule has 0 saturated carbocycles. The van der Waals surface area contributed by atoms with Crippen molar-refractivity contribution < 1.29 is 0 Å². The van der Waals surface area contributed by atoms with Gasteiger partial charge in [-0.1, -0.05) is 120 Å². The summed E-state index contributed by atoms with van der Waals surface area (Å²) >= 11 is 0. The first-order chi connectivity index (χ1) is 18.1. The van der Waals surface area contributed by atoms with Crippen molar-refractivity contribution in [1.82, 2.24) is 0 Å². The summed E-state index contributed by atoms with van der Waals surface area (Å²) in [7, 11) is 0. The highest BCUT2D eigenvalue weighted by molar-refractivity contribution is 5.95. The van der Waals surface area contributed by atoms with Crippen molar-refractivity contribution in [2.75, 3.05) is 0 Å². The molecule has 38 heavy (non-hydrogen) atoms. The highest BCUT2D eigenvalue weighted by atomic mass is 14.4. The van der Waals surface area contributed by atoms with E-state index in [1.807, 2.05) is 0 Å². The molecule has 2 aliphatic rings. The molecule has 0 bridgehead atoms. The smallest absolute Gasteiger partial charge is 0.000695 e. The van der Waals surface area contributed by atoms with Gasteiger partial charge in [-0.15, -0.1) is 0 Å². The van der Waals surface area contributed by atoms with Crippen LogP contribution < -0.4 is 0 Å². The van der Waals surface area contributed by atoms with E-state index in [0.29, 0.717) is 0 Å². The maximum atomic E-state index is 2.53. The molecule has 2 aliphatic carbocycles. The predicted molar refractivity (Wildman–Crippen MR) is 165 cm³/mol. The van der Waals surface area contributed by atoms with Crippen LogP contribution in [0.1, 0.15) is 75.8 Å². The Bertz CT molecular complexity index is 1580. The molecule has 0 heteroatoms. The van der Waals surface area contributed by atoms with Gasteiger partial charge in [-0.2, -0.15) is 0 Å². The summed E-state index contributed by atoms with van der Waals surface area (Å²) in [6.07, 6.45) is 8.85. The van der Waals surface area contributed by atoms with Crippen LogP contribution in [0, 0.1) is 0 Å². The number of benzene rings is 4. The Balaban J connectivity index is 1.67.